The molecule has 0 saturated carbocycles. The van der Waals surface area contributed by atoms with Gasteiger partial charge in [0.25, 0.3) is 0 Å². The molecule has 2 nitrogen and oxygen atoms in total. The van der Waals surface area contributed by atoms with Crippen LogP contribution in [-0.2, 0) is 6.42 Å². The highest BCUT2D eigenvalue weighted by molar-refractivity contribution is 5.73. The SMILES string of the molecule is CCCCc1cc(OC)ccc1-c1ccc(-c2ccc(OC)cc2)cc1. The molecule has 0 aromatic heterocycles. The third-order valence-corrected chi connectivity index (χ3v) is 4.73. The van der Waals surface area contributed by atoms with Crippen LogP contribution in [0.1, 0.15) is 25.3 Å². The van der Waals surface area contributed by atoms with E-state index in [1.807, 2.05) is 18.2 Å². The summed E-state index contributed by atoms with van der Waals surface area (Å²) in [6.45, 7) is 2.23. The van der Waals surface area contributed by atoms with E-state index in [1.165, 1.54) is 40.7 Å². The van der Waals surface area contributed by atoms with E-state index in [0.717, 1.165) is 17.9 Å². The van der Waals surface area contributed by atoms with E-state index in [-0.39, 0.29) is 0 Å². The molecule has 0 saturated heterocycles. The second-order valence-electron chi connectivity index (χ2n) is 6.43. The fraction of sp³-hybridized carbons (Fsp3) is 0.250. The van der Waals surface area contributed by atoms with E-state index in [2.05, 4.69) is 55.5 Å². The molecule has 0 spiro atoms. The lowest BCUT2D eigenvalue weighted by Crippen LogP contribution is -1.93. The Morgan fingerprint density at radius 1 is 0.654 bits per heavy atom. The number of benzene rings is 3. The fourth-order valence-electron chi connectivity index (χ4n) is 3.18. The van der Waals surface area contributed by atoms with Gasteiger partial charge in [-0.25, -0.2) is 0 Å². The molecule has 0 radical (unpaired) electrons. The Hall–Kier alpha value is -2.74. The summed E-state index contributed by atoms with van der Waals surface area (Å²) in [4.78, 5) is 0. The Labute approximate surface area is 156 Å². The molecule has 2 heteroatoms. The van der Waals surface area contributed by atoms with E-state index in [0.29, 0.717) is 0 Å². The zero-order chi connectivity index (χ0) is 18.4. The zero-order valence-corrected chi connectivity index (χ0v) is 15.8. The smallest absolute Gasteiger partial charge is 0.119 e. The van der Waals surface area contributed by atoms with Gasteiger partial charge in [0.05, 0.1) is 14.2 Å². The summed E-state index contributed by atoms with van der Waals surface area (Å²) < 4.78 is 10.6. The Morgan fingerprint density at radius 2 is 1.19 bits per heavy atom. The van der Waals surface area contributed by atoms with Crippen LogP contribution in [0.2, 0.25) is 0 Å². The molecule has 0 aliphatic carbocycles. The Kier molecular flexibility index (Phi) is 5.96. The van der Waals surface area contributed by atoms with Gasteiger partial charge in [-0.2, -0.15) is 0 Å². The van der Waals surface area contributed by atoms with Gasteiger partial charge >= 0.3 is 0 Å². The van der Waals surface area contributed by atoms with Crippen LogP contribution in [0.15, 0.2) is 66.7 Å². The number of ether oxygens (including phenoxy) is 2. The topological polar surface area (TPSA) is 18.5 Å². The highest BCUT2D eigenvalue weighted by Crippen LogP contribution is 2.31. The summed E-state index contributed by atoms with van der Waals surface area (Å²) in [6, 6.07) is 23.3. The van der Waals surface area contributed by atoms with Gasteiger partial charge in [-0.15, -0.1) is 0 Å². The van der Waals surface area contributed by atoms with Crippen molar-refractivity contribution in [1.29, 1.82) is 0 Å². The van der Waals surface area contributed by atoms with Crippen LogP contribution in [0, 0.1) is 0 Å². The van der Waals surface area contributed by atoms with Gasteiger partial charge in [-0.3, -0.25) is 0 Å². The molecule has 0 amide bonds. The summed E-state index contributed by atoms with van der Waals surface area (Å²) in [5.41, 5.74) is 6.29. The number of rotatable bonds is 7. The number of hydrogen-bond donors (Lipinski definition) is 0. The van der Waals surface area contributed by atoms with E-state index in [9.17, 15) is 0 Å². The third-order valence-electron chi connectivity index (χ3n) is 4.73. The zero-order valence-electron chi connectivity index (χ0n) is 15.8. The lowest BCUT2D eigenvalue weighted by molar-refractivity contribution is 0.414. The van der Waals surface area contributed by atoms with Crippen molar-refractivity contribution in [2.45, 2.75) is 26.2 Å². The molecule has 0 fully saturated rings. The largest absolute Gasteiger partial charge is 0.497 e. The minimum absolute atomic E-state index is 0.879. The summed E-state index contributed by atoms with van der Waals surface area (Å²) in [5.74, 6) is 1.80. The maximum Gasteiger partial charge on any atom is 0.119 e. The molecular weight excluding hydrogens is 320 g/mol. The molecule has 0 N–H and O–H groups in total. The van der Waals surface area contributed by atoms with Crippen LogP contribution in [0.5, 0.6) is 11.5 Å². The summed E-state index contributed by atoms with van der Waals surface area (Å²) >= 11 is 0. The predicted molar refractivity (Wildman–Crippen MR) is 109 cm³/mol. The average molecular weight is 346 g/mol. The van der Waals surface area contributed by atoms with Crippen molar-refractivity contribution in [1.82, 2.24) is 0 Å². The molecule has 3 aromatic carbocycles. The minimum Gasteiger partial charge on any atom is -0.497 e. The van der Waals surface area contributed by atoms with Crippen LogP contribution in [0.4, 0.5) is 0 Å². The molecule has 0 aliphatic rings. The van der Waals surface area contributed by atoms with Gasteiger partial charge in [-0.05, 0) is 64.9 Å². The minimum atomic E-state index is 0.879. The standard InChI is InChI=1S/C24H26O2/c1-4-5-6-21-17-23(26-3)15-16-24(21)20-9-7-18(8-10-20)19-11-13-22(25-2)14-12-19/h7-17H,4-6H2,1-3H3. The van der Waals surface area contributed by atoms with E-state index in [1.54, 1.807) is 14.2 Å². The highest BCUT2D eigenvalue weighted by Gasteiger charge is 2.08. The van der Waals surface area contributed by atoms with E-state index >= 15 is 0 Å². The Morgan fingerprint density at radius 3 is 1.77 bits per heavy atom. The lowest BCUT2D eigenvalue weighted by atomic mass is 9.94. The fourth-order valence-corrected chi connectivity index (χ4v) is 3.18. The van der Waals surface area contributed by atoms with Gasteiger partial charge in [-0.1, -0.05) is 55.8 Å². The Bertz CT molecular complexity index is 833. The number of unbranched alkanes of at least 4 members (excludes halogenated alkanes) is 1. The predicted octanol–water partition coefficient (Wildman–Crippen LogP) is 6.38. The Balaban J connectivity index is 1.89. The maximum absolute atomic E-state index is 5.41. The van der Waals surface area contributed by atoms with Crippen molar-refractivity contribution >= 4 is 0 Å². The molecule has 26 heavy (non-hydrogen) atoms. The highest BCUT2D eigenvalue weighted by atomic mass is 16.5. The normalized spacial score (nSPS) is 10.6. The average Bonchev–Trinajstić information content (AvgIpc) is 2.72. The van der Waals surface area contributed by atoms with Gasteiger partial charge in [0.1, 0.15) is 11.5 Å². The van der Waals surface area contributed by atoms with Crippen LogP contribution in [0.25, 0.3) is 22.3 Å². The molecule has 3 rings (SSSR count). The number of aryl methyl sites for hydroxylation is 1. The van der Waals surface area contributed by atoms with Crippen LogP contribution >= 0.6 is 0 Å². The van der Waals surface area contributed by atoms with Gasteiger partial charge < -0.3 is 9.47 Å². The first-order valence-electron chi connectivity index (χ1n) is 9.17. The van der Waals surface area contributed by atoms with Crippen LogP contribution in [0.3, 0.4) is 0 Å². The molecule has 134 valence electrons. The van der Waals surface area contributed by atoms with Crippen molar-refractivity contribution in [3.8, 4) is 33.8 Å². The van der Waals surface area contributed by atoms with E-state index in [4.69, 9.17) is 9.47 Å². The first-order valence-corrected chi connectivity index (χ1v) is 9.17. The molecular formula is C24H26O2. The molecule has 0 heterocycles. The van der Waals surface area contributed by atoms with Crippen molar-refractivity contribution < 1.29 is 9.47 Å². The lowest BCUT2D eigenvalue weighted by Gasteiger charge is -2.12. The number of hydrogen-bond acceptors (Lipinski definition) is 2. The van der Waals surface area contributed by atoms with Crippen molar-refractivity contribution in [3.63, 3.8) is 0 Å². The second-order valence-corrected chi connectivity index (χ2v) is 6.43. The molecule has 0 atom stereocenters. The second kappa shape index (κ2) is 8.57. The quantitative estimate of drug-likeness (QED) is 0.494. The molecule has 0 bridgehead atoms. The number of methoxy groups -OCH3 is 2. The summed E-state index contributed by atoms with van der Waals surface area (Å²) in [7, 11) is 3.41. The van der Waals surface area contributed by atoms with Gasteiger partial charge in [0.2, 0.25) is 0 Å². The summed E-state index contributed by atoms with van der Waals surface area (Å²) in [6.07, 6.45) is 3.44. The molecule has 3 aromatic rings. The van der Waals surface area contributed by atoms with E-state index < -0.39 is 0 Å². The first-order chi connectivity index (χ1) is 12.7. The summed E-state index contributed by atoms with van der Waals surface area (Å²) in [5, 5.41) is 0. The van der Waals surface area contributed by atoms with Crippen molar-refractivity contribution in [2.75, 3.05) is 14.2 Å². The van der Waals surface area contributed by atoms with Gasteiger partial charge in [0.15, 0.2) is 0 Å². The molecule has 0 aliphatic heterocycles. The molecule has 0 unspecified atom stereocenters. The van der Waals surface area contributed by atoms with Crippen LogP contribution < -0.4 is 9.47 Å². The third kappa shape index (κ3) is 4.08. The van der Waals surface area contributed by atoms with Gasteiger partial charge in [0, 0.05) is 0 Å². The monoisotopic (exact) mass is 346 g/mol. The van der Waals surface area contributed by atoms with Crippen molar-refractivity contribution in [3.05, 3.63) is 72.3 Å². The first kappa shape index (κ1) is 18.1. The van der Waals surface area contributed by atoms with Crippen LogP contribution in [-0.4, -0.2) is 14.2 Å². The maximum atomic E-state index is 5.41. The van der Waals surface area contributed by atoms with Crippen molar-refractivity contribution in [2.24, 2.45) is 0 Å².